The van der Waals surface area contributed by atoms with Crippen LogP contribution in [0.15, 0.2) is 65.5 Å². The number of anilines is 1. The largest absolute Gasteiger partial charge is 0.368 e. The monoisotopic (exact) mass is 490 g/mol. The van der Waals surface area contributed by atoms with Crippen molar-refractivity contribution in [2.75, 3.05) is 4.90 Å². The average Bonchev–Trinajstić information content (AvgIpc) is 3.31. The third-order valence-electron chi connectivity index (χ3n) is 5.64. The SMILES string of the molecule is Cc1cc(Cn2nnn(-c3ccccc3Cl)c2=O)ccc1N1C(=O)c2cccc([N+](=O)[O-])c2C1=O. The van der Waals surface area contributed by atoms with Gasteiger partial charge in [-0.1, -0.05) is 41.9 Å². The van der Waals surface area contributed by atoms with Crippen LogP contribution in [0.3, 0.4) is 0 Å². The van der Waals surface area contributed by atoms with Gasteiger partial charge in [-0.05, 0) is 52.7 Å². The molecule has 0 N–H and O–H groups in total. The number of rotatable bonds is 5. The van der Waals surface area contributed by atoms with Crippen LogP contribution in [0.5, 0.6) is 0 Å². The Morgan fingerprint density at radius 3 is 2.43 bits per heavy atom. The van der Waals surface area contributed by atoms with E-state index < -0.39 is 28.1 Å². The standard InChI is InChI=1S/C23H15ClN6O5/c1-13-11-14(12-27-23(33)29(26-25-27)18-7-3-2-6-16(18)24)9-10-17(13)28-21(31)15-5-4-8-19(30(34)35)20(15)22(28)32/h2-11H,12H2,1H3. The molecule has 0 atom stereocenters. The van der Waals surface area contributed by atoms with Crippen LogP contribution in [0.2, 0.25) is 5.02 Å². The van der Waals surface area contributed by atoms with Gasteiger partial charge in [0.15, 0.2) is 0 Å². The first kappa shape index (κ1) is 22.2. The number of tetrazole rings is 1. The van der Waals surface area contributed by atoms with Gasteiger partial charge in [0.25, 0.3) is 17.5 Å². The number of imide groups is 1. The van der Waals surface area contributed by atoms with Gasteiger partial charge < -0.3 is 0 Å². The van der Waals surface area contributed by atoms with Crippen LogP contribution in [-0.2, 0) is 6.54 Å². The molecular formula is C23H15ClN6O5. The summed E-state index contributed by atoms with van der Waals surface area (Å²) in [6.45, 7) is 1.78. The molecule has 4 aromatic rings. The molecule has 5 rings (SSSR count). The second-order valence-corrected chi connectivity index (χ2v) is 8.21. The average molecular weight is 491 g/mol. The van der Waals surface area contributed by atoms with Crippen LogP contribution < -0.4 is 10.6 Å². The second-order valence-electron chi connectivity index (χ2n) is 7.81. The summed E-state index contributed by atoms with van der Waals surface area (Å²) in [5, 5.41) is 19.5. The van der Waals surface area contributed by atoms with Gasteiger partial charge in [-0.2, -0.15) is 9.36 Å². The predicted molar refractivity (Wildman–Crippen MR) is 125 cm³/mol. The van der Waals surface area contributed by atoms with E-state index in [9.17, 15) is 24.5 Å². The Hall–Kier alpha value is -4.64. The lowest BCUT2D eigenvalue weighted by molar-refractivity contribution is -0.385. The lowest BCUT2D eigenvalue weighted by Crippen LogP contribution is -2.30. The molecule has 0 fully saturated rings. The normalized spacial score (nSPS) is 12.8. The van der Waals surface area contributed by atoms with Gasteiger partial charge in [-0.15, -0.1) is 0 Å². The number of carbonyl (C=O) groups excluding carboxylic acids is 2. The Kier molecular flexibility index (Phi) is 5.25. The van der Waals surface area contributed by atoms with Crippen LogP contribution in [0.25, 0.3) is 5.69 Å². The highest BCUT2D eigenvalue weighted by atomic mass is 35.5. The quantitative estimate of drug-likeness (QED) is 0.238. The minimum absolute atomic E-state index is 0.0181. The second kappa shape index (κ2) is 8.29. The number of nitrogens with zero attached hydrogens (tertiary/aromatic N) is 6. The van der Waals surface area contributed by atoms with Crippen molar-refractivity contribution in [1.82, 2.24) is 19.8 Å². The molecule has 1 aliphatic rings. The van der Waals surface area contributed by atoms with Crippen molar-refractivity contribution in [2.24, 2.45) is 0 Å². The zero-order chi connectivity index (χ0) is 24.9. The number of aromatic nitrogens is 4. The molecule has 0 unspecified atom stereocenters. The maximum Gasteiger partial charge on any atom is 0.368 e. The zero-order valence-electron chi connectivity index (χ0n) is 18.1. The van der Waals surface area contributed by atoms with E-state index in [4.69, 9.17) is 11.6 Å². The van der Waals surface area contributed by atoms with E-state index in [1.165, 1.54) is 18.2 Å². The van der Waals surface area contributed by atoms with Gasteiger partial charge in [0.1, 0.15) is 5.56 Å². The van der Waals surface area contributed by atoms with E-state index >= 15 is 0 Å². The molecular weight excluding hydrogens is 476 g/mol. The molecule has 1 aromatic heterocycles. The number of fused-ring (bicyclic) bond motifs is 1. The van der Waals surface area contributed by atoms with Crippen molar-refractivity contribution in [3.63, 3.8) is 0 Å². The van der Waals surface area contributed by atoms with E-state index in [0.29, 0.717) is 27.5 Å². The molecule has 0 aliphatic carbocycles. The minimum atomic E-state index is -0.757. The Labute approximate surface area is 201 Å². The Bertz CT molecular complexity index is 1610. The molecule has 1 aliphatic heterocycles. The molecule has 2 amide bonds. The van der Waals surface area contributed by atoms with Crippen molar-refractivity contribution in [3.8, 4) is 5.69 Å². The van der Waals surface area contributed by atoms with E-state index in [2.05, 4.69) is 10.4 Å². The summed E-state index contributed by atoms with van der Waals surface area (Å²) in [5.74, 6) is -1.39. The summed E-state index contributed by atoms with van der Waals surface area (Å²) in [7, 11) is 0. The van der Waals surface area contributed by atoms with Crippen LogP contribution >= 0.6 is 11.6 Å². The Morgan fingerprint density at radius 2 is 1.71 bits per heavy atom. The Balaban J connectivity index is 1.45. The van der Waals surface area contributed by atoms with E-state index in [0.717, 1.165) is 14.3 Å². The topological polar surface area (TPSA) is 133 Å². The fraction of sp³-hybridized carbons (Fsp3) is 0.0870. The number of amides is 2. The third-order valence-corrected chi connectivity index (χ3v) is 5.96. The minimum Gasteiger partial charge on any atom is -0.268 e. The van der Waals surface area contributed by atoms with Gasteiger partial charge in [0, 0.05) is 6.07 Å². The predicted octanol–water partition coefficient (Wildman–Crippen LogP) is 3.15. The van der Waals surface area contributed by atoms with Gasteiger partial charge >= 0.3 is 5.69 Å². The molecule has 0 saturated carbocycles. The smallest absolute Gasteiger partial charge is 0.268 e. The fourth-order valence-corrected chi connectivity index (χ4v) is 4.24. The van der Waals surface area contributed by atoms with Gasteiger partial charge in [-0.3, -0.25) is 19.7 Å². The van der Waals surface area contributed by atoms with Gasteiger partial charge in [0.05, 0.1) is 33.4 Å². The summed E-state index contributed by atoms with van der Waals surface area (Å²) in [6.07, 6.45) is 0. The van der Waals surface area contributed by atoms with Crippen molar-refractivity contribution >= 4 is 34.8 Å². The van der Waals surface area contributed by atoms with Crippen molar-refractivity contribution in [3.05, 3.63) is 109 Å². The number of nitro benzene ring substituents is 1. The van der Waals surface area contributed by atoms with Gasteiger partial charge in [-0.25, -0.2) is 9.69 Å². The van der Waals surface area contributed by atoms with Crippen LogP contribution in [0.4, 0.5) is 11.4 Å². The van der Waals surface area contributed by atoms with Crippen molar-refractivity contribution in [1.29, 1.82) is 0 Å². The van der Waals surface area contributed by atoms with Gasteiger partial charge in [0.2, 0.25) is 0 Å². The molecule has 0 radical (unpaired) electrons. The summed E-state index contributed by atoms with van der Waals surface area (Å²) in [6, 6.07) is 15.6. The highest BCUT2D eigenvalue weighted by Gasteiger charge is 2.42. The summed E-state index contributed by atoms with van der Waals surface area (Å²) >= 11 is 6.15. The molecule has 12 heteroatoms. The number of benzene rings is 3. The van der Waals surface area contributed by atoms with Crippen LogP contribution in [0, 0.1) is 17.0 Å². The highest BCUT2D eigenvalue weighted by molar-refractivity contribution is 6.36. The van der Waals surface area contributed by atoms with Crippen molar-refractivity contribution in [2.45, 2.75) is 13.5 Å². The van der Waals surface area contributed by atoms with Crippen LogP contribution in [-0.4, -0.2) is 36.5 Å². The summed E-state index contributed by atoms with van der Waals surface area (Å²) < 4.78 is 2.25. The number of hydrogen-bond donors (Lipinski definition) is 0. The molecule has 2 heterocycles. The van der Waals surface area contributed by atoms with Crippen LogP contribution in [0.1, 0.15) is 31.8 Å². The molecule has 35 heavy (non-hydrogen) atoms. The molecule has 0 bridgehead atoms. The number of para-hydroxylation sites is 1. The maximum absolute atomic E-state index is 13.0. The first-order chi connectivity index (χ1) is 16.8. The number of aryl methyl sites for hydroxylation is 1. The molecule has 0 saturated heterocycles. The molecule has 11 nitrogen and oxygen atoms in total. The molecule has 0 spiro atoms. The maximum atomic E-state index is 13.0. The lowest BCUT2D eigenvalue weighted by Gasteiger charge is -2.17. The number of hydrogen-bond acceptors (Lipinski definition) is 7. The van der Waals surface area contributed by atoms with E-state index in [-0.39, 0.29) is 17.7 Å². The fourth-order valence-electron chi connectivity index (χ4n) is 4.03. The number of carbonyl (C=O) groups is 2. The number of halogens is 1. The number of nitro groups is 1. The third kappa shape index (κ3) is 3.58. The summed E-state index contributed by atoms with van der Waals surface area (Å²) in [4.78, 5) is 50.3. The molecule has 174 valence electrons. The first-order valence-corrected chi connectivity index (χ1v) is 10.7. The Morgan fingerprint density at radius 1 is 0.943 bits per heavy atom. The van der Waals surface area contributed by atoms with E-state index in [1.807, 2.05) is 0 Å². The zero-order valence-corrected chi connectivity index (χ0v) is 18.8. The van der Waals surface area contributed by atoms with Crippen molar-refractivity contribution < 1.29 is 14.5 Å². The highest BCUT2D eigenvalue weighted by Crippen LogP contribution is 2.35. The van der Waals surface area contributed by atoms with E-state index in [1.54, 1.807) is 49.4 Å². The summed E-state index contributed by atoms with van der Waals surface area (Å²) in [5.41, 5.74) is 0.765. The first-order valence-electron chi connectivity index (χ1n) is 10.3. The molecule has 3 aromatic carbocycles. The lowest BCUT2D eigenvalue weighted by atomic mass is 10.1.